The van der Waals surface area contributed by atoms with Crippen LogP contribution in [0.5, 0.6) is 0 Å². The van der Waals surface area contributed by atoms with E-state index in [0.717, 1.165) is 11.4 Å². The average Bonchev–Trinajstić information content (AvgIpc) is 2.55. The molecule has 0 aliphatic heterocycles. The Labute approximate surface area is 86.2 Å². The van der Waals surface area contributed by atoms with Crippen LogP contribution in [0.4, 0.5) is 0 Å². The van der Waals surface area contributed by atoms with E-state index in [1.807, 2.05) is 32.1 Å². The first-order valence-electron chi connectivity index (χ1n) is 4.34. The third-order valence-corrected chi connectivity index (χ3v) is 2.12. The van der Waals surface area contributed by atoms with Gasteiger partial charge in [-0.15, -0.1) is 0 Å². The molecule has 0 saturated heterocycles. The molecule has 0 atom stereocenters. The van der Waals surface area contributed by atoms with Crippen LogP contribution < -0.4 is 0 Å². The summed E-state index contributed by atoms with van der Waals surface area (Å²) in [4.78, 5) is 8.16. The molecule has 0 aromatic carbocycles. The number of nitriles is 2. The highest BCUT2D eigenvalue weighted by Crippen LogP contribution is 2.13. The zero-order chi connectivity index (χ0) is 11.0. The number of imidazole rings is 1. The SMILES string of the molecule is Cc1cc(C)n2c(C#N)c(C#N)nc2n1. The second kappa shape index (κ2) is 3.07. The van der Waals surface area contributed by atoms with Gasteiger partial charge in [-0.2, -0.15) is 15.5 Å². The highest BCUT2D eigenvalue weighted by molar-refractivity contribution is 5.48. The van der Waals surface area contributed by atoms with Crippen LogP contribution in [0, 0.1) is 36.5 Å². The molecule has 0 bridgehead atoms. The van der Waals surface area contributed by atoms with Crippen LogP contribution in [0.1, 0.15) is 22.8 Å². The van der Waals surface area contributed by atoms with E-state index in [1.165, 1.54) is 0 Å². The van der Waals surface area contributed by atoms with Gasteiger partial charge < -0.3 is 0 Å². The number of nitrogens with zero attached hydrogens (tertiary/aromatic N) is 5. The third kappa shape index (κ3) is 1.22. The third-order valence-electron chi connectivity index (χ3n) is 2.12. The Morgan fingerprint density at radius 1 is 1.20 bits per heavy atom. The molecule has 5 nitrogen and oxygen atoms in total. The fourth-order valence-corrected chi connectivity index (χ4v) is 1.56. The Bertz CT molecular complexity index is 624. The van der Waals surface area contributed by atoms with Gasteiger partial charge in [0, 0.05) is 11.4 Å². The lowest BCUT2D eigenvalue weighted by Gasteiger charge is -2.00. The minimum Gasteiger partial charge on any atom is -0.271 e. The van der Waals surface area contributed by atoms with Crippen molar-refractivity contribution in [3.05, 3.63) is 28.8 Å². The first-order valence-corrected chi connectivity index (χ1v) is 4.34. The lowest BCUT2D eigenvalue weighted by Crippen LogP contribution is -1.98. The van der Waals surface area contributed by atoms with Crippen molar-refractivity contribution < 1.29 is 0 Å². The minimum absolute atomic E-state index is 0.124. The maximum atomic E-state index is 8.94. The quantitative estimate of drug-likeness (QED) is 0.633. The Hall–Kier alpha value is -2.40. The maximum Gasteiger partial charge on any atom is 0.236 e. The summed E-state index contributed by atoms with van der Waals surface area (Å²) in [7, 11) is 0. The zero-order valence-corrected chi connectivity index (χ0v) is 8.31. The molecule has 0 saturated carbocycles. The number of aryl methyl sites for hydroxylation is 2. The summed E-state index contributed by atoms with van der Waals surface area (Å²) in [6.45, 7) is 3.70. The fourth-order valence-electron chi connectivity index (χ4n) is 1.56. The molecule has 0 radical (unpaired) electrons. The largest absolute Gasteiger partial charge is 0.271 e. The predicted molar refractivity (Wildman–Crippen MR) is 51.9 cm³/mol. The van der Waals surface area contributed by atoms with Crippen molar-refractivity contribution in [2.75, 3.05) is 0 Å². The average molecular weight is 197 g/mol. The molecule has 0 N–H and O–H groups in total. The molecular weight excluding hydrogens is 190 g/mol. The summed E-state index contributed by atoms with van der Waals surface area (Å²) >= 11 is 0. The Morgan fingerprint density at radius 2 is 1.93 bits per heavy atom. The molecule has 0 aliphatic rings. The topological polar surface area (TPSA) is 77.8 Å². The molecule has 2 rings (SSSR count). The highest BCUT2D eigenvalue weighted by atomic mass is 15.1. The van der Waals surface area contributed by atoms with Gasteiger partial charge in [0.25, 0.3) is 0 Å². The highest BCUT2D eigenvalue weighted by Gasteiger charge is 2.13. The van der Waals surface area contributed by atoms with Gasteiger partial charge in [0.2, 0.25) is 5.78 Å². The Kier molecular flexibility index (Phi) is 1.88. The molecule has 2 heterocycles. The molecule has 2 aromatic rings. The van der Waals surface area contributed by atoms with E-state index in [1.54, 1.807) is 4.40 Å². The molecule has 0 aliphatic carbocycles. The van der Waals surface area contributed by atoms with Gasteiger partial charge in [0.05, 0.1) is 0 Å². The molecule has 72 valence electrons. The van der Waals surface area contributed by atoms with E-state index >= 15 is 0 Å². The van der Waals surface area contributed by atoms with Crippen LogP contribution in [0.15, 0.2) is 6.07 Å². The van der Waals surface area contributed by atoms with Gasteiger partial charge in [0.1, 0.15) is 12.1 Å². The molecule has 5 heteroatoms. The monoisotopic (exact) mass is 197 g/mol. The number of hydrogen-bond donors (Lipinski definition) is 0. The first kappa shape index (κ1) is 9.17. The summed E-state index contributed by atoms with van der Waals surface area (Å²) in [5, 5.41) is 17.7. The van der Waals surface area contributed by atoms with Crippen molar-refractivity contribution in [2.45, 2.75) is 13.8 Å². The summed E-state index contributed by atoms with van der Waals surface area (Å²) in [5.74, 6) is 0.403. The number of fused-ring (bicyclic) bond motifs is 1. The summed E-state index contributed by atoms with van der Waals surface area (Å²) in [5.41, 5.74) is 2.04. The normalized spacial score (nSPS) is 9.87. The van der Waals surface area contributed by atoms with Crippen LogP contribution in [-0.2, 0) is 0 Å². The van der Waals surface area contributed by atoms with Crippen LogP contribution >= 0.6 is 0 Å². The predicted octanol–water partition coefficient (Wildman–Crippen LogP) is 1.09. The van der Waals surface area contributed by atoms with E-state index in [-0.39, 0.29) is 11.4 Å². The second-order valence-corrected chi connectivity index (χ2v) is 3.21. The standard InChI is InChI=1S/C10H7N5/c1-6-3-7(2)15-9(5-12)8(4-11)14-10(15)13-6/h3H,1-2H3. The molecular formula is C10H7N5. The summed E-state index contributed by atoms with van der Waals surface area (Å²) < 4.78 is 1.59. The van der Waals surface area contributed by atoms with Gasteiger partial charge in [-0.1, -0.05) is 0 Å². The minimum atomic E-state index is 0.124. The smallest absolute Gasteiger partial charge is 0.236 e. The van der Waals surface area contributed by atoms with Gasteiger partial charge in [0.15, 0.2) is 11.4 Å². The second-order valence-electron chi connectivity index (χ2n) is 3.21. The Balaban J connectivity index is 2.99. The van der Waals surface area contributed by atoms with Crippen molar-refractivity contribution in [1.29, 1.82) is 10.5 Å². The van der Waals surface area contributed by atoms with E-state index < -0.39 is 0 Å². The molecule has 0 fully saturated rings. The lowest BCUT2D eigenvalue weighted by molar-refractivity contribution is 1.000. The molecule has 0 unspecified atom stereocenters. The summed E-state index contributed by atoms with van der Waals surface area (Å²) in [6, 6.07) is 5.70. The summed E-state index contributed by atoms with van der Waals surface area (Å²) in [6.07, 6.45) is 0. The lowest BCUT2D eigenvalue weighted by atomic mass is 10.3. The molecule has 0 spiro atoms. The van der Waals surface area contributed by atoms with Crippen molar-refractivity contribution in [2.24, 2.45) is 0 Å². The van der Waals surface area contributed by atoms with Gasteiger partial charge >= 0.3 is 0 Å². The van der Waals surface area contributed by atoms with Gasteiger partial charge in [-0.3, -0.25) is 4.40 Å². The number of aromatic nitrogens is 3. The number of rotatable bonds is 0. The Morgan fingerprint density at radius 3 is 2.53 bits per heavy atom. The van der Waals surface area contributed by atoms with Crippen LogP contribution in [-0.4, -0.2) is 14.4 Å². The van der Waals surface area contributed by atoms with E-state index in [4.69, 9.17) is 10.5 Å². The maximum absolute atomic E-state index is 8.94. The van der Waals surface area contributed by atoms with Crippen LogP contribution in [0.3, 0.4) is 0 Å². The van der Waals surface area contributed by atoms with Gasteiger partial charge in [-0.25, -0.2) is 4.98 Å². The van der Waals surface area contributed by atoms with Crippen molar-refractivity contribution in [1.82, 2.24) is 14.4 Å². The van der Waals surface area contributed by atoms with E-state index in [0.29, 0.717) is 5.78 Å². The van der Waals surface area contributed by atoms with Crippen molar-refractivity contribution in [3.63, 3.8) is 0 Å². The zero-order valence-electron chi connectivity index (χ0n) is 8.31. The number of hydrogen-bond acceptors (Lipinski definition) is 4. The van der Waals surface area contributed by atoms with E-state index in [2.05, 4.69) is 9.97 Å². The van der Waals surface area contributed by atoms with Gasteiger partial charge in [-0.05, 0) is 19.9 Å². The fraction of sp³-hybridized carbons (Fsp3) is 0.200. The van der Waals surface area contributed by atoms with Crippen LogP contribution in [0.25, 0.3) is 5.78 Å². The molecule has 15 heavy (non-hydrogen) atoms. The molecule has 2 aromatic heterocycles. The van der Waals surface area contributed by atoms with Crippen LogP contribution in [0.2, 0.25) is 0 Å². The first-order chi connectivity index (χ1) is 7.17. The van der Waals surface area contributed by atoms with E-state index in [9.17, 15) is 0 Å². The molecule has 0 amide bonds. The van der Waals surface area contributed by atoms with Crippen molar-refractivity contribution >= 4 is 5.78 Å². The van der Waals surface area contributed by atoms with Crippen molar-refractivity contribution in [3.8, 4) is 12.1 Å².